The Morgan fingerprint density at radius 2 is 1.74 bits per heavy atom. The molecule has 4 rings (SSSR count). The molecule has 1 N–H and O–H groups in total. The highest BCUT2D eigenvalue weighted by Gasteiger charge is 2.28. The van der Waals surface area contributed by atoms with E-state index in [4.69, 9.17) is 16.3 Å². The molecule has 8 heteroatoms. The molecule has 1 amide bonds. The fourth-order valence-corrected chi connectivity index (χ4v) is 4.99. The molecule has 0 unspecified atom stereocenters. The van der Waals surface area contributed by atoms with Crippen LogP contribution in [-0.2, 0) is 34.3 Å². The molecule has 1 aliphatic heterocycles. The molecule has 0 saturated carbocycles. The molecule has 0 aliphatic carbocycles. The zero-order valence-corrected chi connectivity index (χ0v) is 18.2. The minimum atomic E-state index is -3.63. The number of fused-ring (bicyclic) bond motifs is 1. The molecule has 1 heterocycles. The van der Waals surface area contributed by atoms with E-state index in [-0.39, 0.29) is 18.0 Å². The molecule has 0 fully saturated rings. The predicted octanol–water partition coefficient (Wildman–Crippen LogP) is 4.84. The van der Waals surface area contributed by atoms with E-state index < -0.39 is 16.1 Å². The molecule has 0 bridgehead atoms. The fraction of sp³-hybridized carbons (Fsp3) is 0.174. The number of sulfonamides is 1. The van der Waals surface area contributed by atoms with Crippen LogP contribution < -0.4 is 5.32 Å². The van der Waals surface area contributed by atoms with Crippen molar-refractivity contribution < 1.29 is 17.9 Å². The van der Waals surface area contributed by atoms with Gasteiger partial charge in [0.1, 0.15) is 6.61 Å². The number of benzene rings is 3. The van der Waals surface area contributed by atoms with Gasteiger partial charge in [-0.25, -0.2) is 13.2 Å². The quantitative estimate of drug-likeness (QED) is 0.596. The van der Waals surface area contributed by atoms with Crippen molar-refractivity contribution in [1.29, 1.82) is 0 Å². The van der Waals surface area contributed by atoms with Gasteiger partial charge in [0.2, 0.25) is 10.0 Å². The monoisotopic (exact) mass is 456 g/mol. The summed E-state index contributed by atoms with van der Waals surface area (Å²) < 4.78 is 32.7. The van der Waals surface area contributed by atoms with E-state index in [0.717, 1.165) is 16.7 Å². The van der Waals surface area contributed by atoms with Gasteiger partial charge in [0, 0.05) is 23.8 Å². The molecule has 3 aromatic rings. The molecular formula is C23H21ClN2O4S. The van der Waals surface area contributed by atoms with Crippen molar-refractivity contribution in [2.75, 3.05) is 11.9 Å². The Balaban J connectivity index is 1.44. The topological polar surface area (TPSA) is 75.7 Å². The second-order valence-electron chi connectivity index (χ2n) is 7.21. The molecule has 31 heavy (non-hydrogen) atoms. The third-order valence-corrected chi connectivity index (χ3v) is 7.21. The van der Waals surface area contributed by atoms with Gasteiger partial charge >= 0.3 is 6.09 Å². The maximum Gasteiger partial charge on any atom is 0.411 e. The summed E-state index contributed by atoms with van der Waals surface area (Å²) in [6, 6.07) is 21.1. The van der Waals surface area contributed by atoms with E-state index in [2.05, 4.69) is 5.32 Å². The SMILES string of the molecule is O=C(Nc1ccc2c(c1)CN(S(=O)(=O)c1ccc(Cl)cc1)CC2)OCc1ccccc1. The lowest BCUT2D eigenvalue weighted by Crippen LogP contribution is -2.36. The highest BCUT2D eigenvalue weighted by Crippen LogP contribution is 2.27. The highest BCUT2D eigenvalue weighted by molar-refractivity contribution is 7.89. The first-order chi connectivity index (χ1) is 14.9. The van der Waals surface area contributed by atoms with Gasteiger partial charge in [0.15, 0.2) is 0 Å². The van der Waals surface area contributed by atoms with Crippen LogP contribution in [0, 0.1) is 0 Å². The number of hydrogen-bond acceptors (Lipinski definition) is 4. The molecule has 0 radical (unpaired) electrons. The molecule has 0 atom stereocenters. The number of amides is 1. The third-order valence-electron chi connectivity index (χ3n) is 5.09. The molecule has 160 valence electrons. The number of halogens is 1. The standard InChI is InChI=1S/C23H21ClN2O4S/c24-20-7-10-22(11-8-20)31(28,29)26-13-12-18-6-9-21(14-19(18)15-26)25-23(27)30-16-17-4-2-1-3-5-17/h1-11,14H,12-13,15-16H2,(H,25,27). The van der Waals surface area contributed by atoms with E-state index in [9.17, 15) is 13.2 Å². The van der Waals surface area contributed by atoms with Crippen LogP contribution in [0.5, 0.6) is 0 Å². The van der Waals surface area contributed by atoms with Crippen LogP contribution in [0.4, 0.5) is 10.5 Å². The van der Waals surface area contributed by atoms with E-state index in [1.54, 1.807) is 24.3 Å². The Labute approximate surface area is 186 Å². The summed E-state index contributed by atoms with van der Waals surface area (Å²) >= 11 is 5.88. The van der Waals surface area contributed by atoms with Crippen LogP contribution in [-0.4, -0.2) is 25.4 Å². The van der Waals surface area contributed by atoms with Gasteiger partial charge < -0.3 is 4.74 Å². The van der Waals surface area contributed by atoms with Crippen LogP contribution in [0.2, 0.25) is 5.02 Å². The second-order valence-corrected chi connectivity index (χ2v) is 9.59. The number of nitrogens with one attached hydrogen (secondary N) is 1. The van der Waals surface area contributed by atoms with E-state index in [1.807, 2.05) is 36.4 Å². The summed E-state index contributed by atoms with van der Waals surface area (Å²) in [5.41, 5.74) is 3.36. The van der Waals surface area contributed by atoms with Gasteiger partial charge in [-0.3, -0.25) is 5.32 Å². The summed E-state index contributed by atoms with van der Waals surface area (Å²) in [6.45, 7) is 0.795. The van der Waals surface area contributed by atoms with Crippen molar-refractivity contribution in [1.82, 2.24) is 4.31 Å². The zero-order valence-electron chi connectivity index (χ0n) is 16.6. The van der Waals surface area contributed by atoms with E-state index in [1.165, 1.54) is 16.4 Å². The lowest BCUT2D eigenvalue weighted by molar-refractivity contribution is 0.155. The maximum absolute atomic E-state index is 13.0. The number of carbonyl (C=O) groups excluding carboxylic acids is 1. The molecule has 3 aromatic carbocycles. The molecule has 0 aromatic heterocycles. The Bertz CT molecular complexity index is 1180. The Kier molecular flexibility index (Phi) is 6.27. The van der Waals surface area contributed by atoms with E-state index >= 15 is 0 Å². The average molecular weight is 457 g/mol. The summed E-state index contributed by atoms with van der Waals surface area (Å²) in [6.07, 6.45) is 0.0335. The molecule has 1 aliphatic rings. The van der Waals surface area contributed by atoms with Crippen molar-refractivity contribution in [3.8, 4) is 0 Å². The van der Waals surface area contributed by atoms with Crippen LogP contribution in [0.15, 0.2) is 77.7 Å². The third kappa shape index (κ3) is 5.07. The number of rotatable bonds is 5. The summed E-state index contributed by atoms with van der Waals surface area (Å²) in [4.78, 5) is 12.3. The summed E-state index contributed by atoms with van der Waals surface area (Å²) in [5, 5.41) is 3.19. The maximum atomic E-state index is 13.0. The number of anilines is 1. The average Bonchev–Trinajstić information content (AvgIpc) is 2.78. The summed E-state index contributed by atoms with van der Waals surface area (Å²) in [7, 11) is -3.63. The number of hydrogen-bond donors (Lipinski definition) is 1. The molecule has 0 saturated heterocycles. The van der Waals surface area contributed by atoms with Crippen LogP contribution in [0.3, 0.4) is 0 Å². The van der Waals surface area contributed by atoms with Crippen LogP contribution in [0.25, 0.3) is 0 Å². The summed E-state index contributed by atoms with van der Waals surface area (Å²) in [5.74, 6) is 0. The van der Waals surface area contributed by atoms with Crippen LogP contribution >= 0.6 is 11.6 Å². The molecule has 0 spiro atoms. The number of ether oxygens (including phenoxy) is 1. The first-order valence-electron chi connectivity index (χ1n) is 9.77. The highest BCUT2D eigenvalue weighted by atomic mass is 35.5. The largest absolute Gasteiger partial charge is 0.444 e. The van der Waals surface area contributed by atoms with Crippen molar-refractivity contribution in [3.63, 3.8) is 0 Å². The lowest BCUT2D eigenvalue weighted by atomic mass is 10.0. The first-order valence-corrected chi connectivity index (χ1v) is 11.6. The van der Waals surface area contributed by atoms with Crippen molar-refractivity contribution >= 4 is 33.4 Å². The predicted molar refractivity (Wildman–Crippen MR) is 119 cm³/mol. The van der Waals surface area contributed by atoms with Gasteiger partial charge in [0.05, 0.1) is 4.90 Å². The Morgan fingerprint density at radius 1 is 1.00 bits per heavy atom. The zero-order chi connectivity index (χ0) is 21.8. The Morgan fingerprint density at radius 3 is 2.48 bits per heavy atom. The van der Waals surface area contributed by atoms with Crippen molar-refractivity contribution in [3.05, 3.63) is 94.5 Å². The minimum absolute atomic E-state index is 0.171. The van der Waals surface area contributed by atoms with Gasteiger partial charge in [0.25, 0.3) is 0 Å². The van der Waals surface area contributed by atoms with Gasteiger partial charge in [-0.1, -0.05) is 48.0 Å². The van der Waals surface area contributed by atoms with Crippen LogP contribution in [0.1, 0.15) is 16.7 Å². The smallest absolute Gasteiger partial charge is 0.411 e. The lowest BCUT2D eigenvalue weighted by Gasteiger charge is -2.28. The van der Waals surface area contributed by atoms with Crippen molar-refractivity contribution in [2.24, 2.45) is 0 Å². The molecule has 6 nitrogen and oxygen atoms in total. The first kappa shape index (κ1) is 21.4. The Hall–Kier alpha value is -2.87. The van der Waals surface area contributed by atoms with Gasteiger partial charge in [-0.05, 0) is 59.5 Å². The van der Waals surface area contributed by atoms with E-state index in [0.29, 0.717) is 23.7 Å². The fourth-order valence-electron chi connectivity index (χ4n) is 3.45. The van der Waals surface area contributed by atoms with Gasteiger partial charge in [-0.15, -0.1) is 0 Å². The van der Waals surface area contributed by atoms with Gasteiger partial charge in [-0.2, -0.15) is 4.31 Å². The number of nitrogens with zero attached hydrogens (tertiary/aromatic N) is 1. The minimum Gasteiger partial charge on any atom is -0.444 e. The van der Waals surface area contributed by atoms with Crippen molar-refractivity contribution in [2.45, 2.75) is 24.5 Å². The second kappa shape index (κ2) is 9.09. The number of carbonyl (C=O) groups is 1. The normalized spacial score (nSPS) is 14.0. The molecular weight excluding hydrogens is 436 g/mol.